The summed E-state index contributed by atoms with van der Waals surface area (Å²) in [7, 11) is 3.45. The Labute approximate surface area is 105 Å². The van der Waals surface area contributed by atoms with E-state index in [4.69, 9.17) is 0 Å². The fraction of sp³-hybridized carbons (Fsp3) is 0.583. The van der Waals surface area contributed by atoms with E-state index in [0.29, 0.717) is 6.54 Å². The molecular weight excluding hydrogens is 243 g/mol. The topological polar surface area (TPSA) is 28.2 Å². The third-order valence-corrected chi connectivity index (χ3v) is 2.59. The molecule has 0 amide bonds. The number of anilines is 1. The third-order valence-electron chi connectivity index (χ3n) is 2.59. The summed E-state index contributed by atoms with van der Waals surface area (Å²) < 4.78 is 38.4. The van der Waals surface area contributed by atoms with Crippen LogP contribution in [0.2, 0.25) is 0 Å². The summed E-state index contributed by atoms with van der Waals surface area (Å²) in [6.45, 7) is 3.24. The second-order valence-electron chi connectivity index (χ2n) is 4.42. The van der Waals surface area contributed by atoms with E-state index in [1.54, 1.807) is 11.9 Å². The Bertz CT molecular complexity index is 379. The minimum absolute atomic E-state index is 0.0204. The molecule has 1 aromatic rings. The highest BCUT2D eigenvalue weighted by Gasteiger charge is 2.35. The largest absolute Gasteiger partial charge is 0.419 e. The molecule has 1 aromatic heterocycles. The van der Waals surface area contributed by atoms with E-state index in [-0.39, 0.29) is 11.7 Å². The predicted octanol–water partition coefficient (Wildman–Crippen LogP) is 2.39. The molecular formula is C12H18F3N3. The highest BCUT2D eigenvalue weighted by molar-refractivity contribution is 5.47. The molecule has 6 heteroatoms. The highest BCUT2D eigenvalue weighted by Crippen LogP contribution is 2.34. The zero-order valence-corrected chi connectivity index (χ0v) is 10.8. The van der Waals surface area contributed by atoms with Gasteiger partial charge in [-0.25, -0.2) is 4.98 Å². The summed E-state index contributed by atoms with van der Waals surface area (Å²) >= 11 is 0. The van der Waals surface area contributed by atoms with Crippen molar-refractivity contribution in [3.05, 3.63) is 23.9 Å². The number of rotatable bonds is 5. The van der Waals surface area contributed by atoms with Crippen LogP contribution in [0.4, 0.5) is 19.0 Å². The summed E-state index contributed by atoms with van der Waals surface area (Å²) in [4.78, 5) is 5.39. The first kappa shape index (κ1) is 14.8. The van der Waals surface area contributed by atoms with Gasteiger partial charge in [0.2, 0.25) is 0 Å². The lowest BCUT2D eigenvalue weighted by atomic mass is 10.1. The normalized spacial score (nSPS) is 13.4. The lowest BCUT2D eigenvalue weighted by Crippen LogP contribution is -2.31. The molecule has 0 radical (unpaired) electrons. The van der Waals surface area contributed by atoms with Gasteiger partial charge in [0.05, 0.1) is 5.56 Å². The summed E-state index contributed by atoms with van der Waals surface area (Å²) in [6, 6.07) is 2.36. The van der Waals surface area contributed by atoms with Crippen molar-refractivity contribution in [2.75, 3.05) is 32.1 Å². The van der Waals surface area contributed by atoms with E-state index < -0.39 is 11.7 Å². The lowest BCUT2D eigenvalue weighted by molar-refractivity contribution is -0.137. The monoisotopic (exact) mass is 261 g/mol. The van der Waals surface area contributed by atoms with Crippen LogP contribution in [-0.2, 0) is 6.18 Å². The van der Waals surface area contributed by atoms with Gasteiger partial charge in [-0.15, -0.1) is 0 Å². The van der Waals surface area contributed by atoms with Crippen molar-refractivity contribution >= 4 is 5.82 Å². The SMILES string of the molecule is CNCC(C)CN(C)c1ncccc1C(F)(F)F. The highest BCUT2D eigenvalue weighted by atomic mass is 19.4. The van der Waals surface area contributed by atoms with Crippen LogP contribution in [0, 0.1) is 5.92 Å². The van der Waals surface area contributed by atoms with Gasteiger partial charge in [-0.2, -0.15) is 13.2 Å². The lowest BCUT2D eigenvalue weighted by Gasteiger charge is -2.25. The van der Waals surface area contributed by atoms with E-state index in [1.807, 2.05) is 14.0 Å². The predicted molar refractivity (Wildman–Crippen MR) is 65.6 cm³/mol. The molecule has 0 spiro atoms. The van der Waals surface area contributed by atoms with Crippen molar-refractivity contribution in [1.29, 1.82) is 0 Å². The molecule has 0 fully saturated rings. The Hall–Kier alpha value is -1.30. The van der Waals surface area contributed by atoms with Crippen LogP contribution in [0.5, 0.6) is 0 Å². The first-order valence-electron chi connectivity index (χ1n) is 5.74. The molecule has 18 heavy (non-hydrogen) atoms. The van der Waals surface area contributed by atoms with E-state index in [0.717, 1.165) is 12.6 Å². The minimum Gasteiger partial charge on any atom is -0.359 e. The van der Waals surface area contributed by atoms with Crippen molar-refractivity contribution < 1.29 is 13.2 Å². The van der Waals surface area contributed by atoms with Crippen molar-refractivity contribution in [3.8, 4) is 0 Å². The summed E-state index contributed by atoms with van der Waals surface area (Å²) in [5.74, 6) is 0.219. The summed E-state index contributed by atoms with van der Waals surface area (Å²) in [6.07, 6.45) is -2.99. The summed E-state index contributed by atoms with van der Waals surface area (Å²) in [5, 5.41) is 3.00. The molecule has 102 valence electrons. The summed E-state index contributed by atoms with van der Waals surface area (Å²) in [5.41, 5.74) is -0.691. The quantitative estimate of drug-likeness (QED) is 0.882. The number of nitrogens with zero attached hydrogens (tertiary/aromatic N) is 2. The number of pyridine rings is 1. The van der Waals surface area contributed by atoms with Gasteiger partial charge in [-0.05, 0) is 31.6 Å². The molecule has 0 aliphatic rings. The Morgan fingerprint density at radius 2 is 2.11 bits per heavy atom. The van der Waals surface area contributed by atoms with Gasteiger partial charge < -0.3 is 10.2 Å². The van der Waals surface area contributed by atoms with E-state index >= 15 is 0 Å². The maximum absolute atomic E-state index is 12.8. The molecule has 0 saturated heterocycles. The first-order chi connectivity index (χ1) is 8.36. The fourth-order valence-electron chi connectivity index (χ4n) is 1.89. The van der Waals surface area contributed by atoms with Crippen LogP contribution in [0.25, 0.3) is 0 Å². The zero-order chi connectivity index (χ0) is 13.8. The molecule has 0 aromatic carbocycles. The van der Waals surface area contributed by atoms with Gasteiger partial charge >= 0.3 is 6.18 Å². The minimum atomic E-state index is -4.37. The van der Waals surface area contributed by atoms with Gasteiger partial charge in [0.25, 0.3) is 0 Å². The van der Waals surface area contributed by atoms with Crippen LogP contribution in [0.3, 0.4) is 0 Å². The number of nitrogens with one attached hydrogen (secondary N) is 1. The van der Waals surface area contributed by atoms with Crippen LogP contribution < -0.4 is 10.2 Å². The second-order valence-corrected chi connectivity index (χ2v) is 4.42. The number of halogens is 3. The molecule has 3 nitrogen and oxygen atoms in total. The van der Waals surface area contributed by atoms with E-state index in [2.05, 4.69) is 10.3 Å². The van der Waals surface area contributed by atoms with Crippen LogP contribution in [-0.4, -0.2) is 32.2 Å². The molecule has 1 heterocycles. The molecule has 1 N–H and O–H groups in total. The standard InChI is InChI=1S/C12H18F3N3/c1-9(7-16-2)8-18(3)11-10(12(13,14)15)5-4-6-17-11/h4-6,9,16H,7-8H2,1-3H3. The molecule has 0 aliphatic heterocycles. The fourth-order valence-corrected chi connectivity index (χ4v) is 1.89. The molecule has 0 aliphatic carbocycles. The first-order valence-corrected chi connectivity index (χ1v) is 5.74. The van der Waals surface area contributed by atoms with Crippen LogP contribution in [0.1, 0.15) is 12.5 Å². The van der Waals surface area contributed by atoms with Crippen molar-refractivity contribution in [3.63, 3.8) is 0 Å². The molecule has 1 unspecified atom stereocenters. The van der Waals surface area contributed by atoms with Crippen molar-refractivity contribution in [2.24, 2.45) is 5.92 Å². The molecule has 1 atom stereocenters. The van der Waals surface area contributed by atoms with E-state index in [1.165, 1.54) is 12.3 Å². The Morgan fingerprint density at radius 3 is 2.67 bits per heavy atom. The zero-order valence-electron chi connectivity index (χ0n) is 10.8. The third kappa shape index (κ3) is 3.87. The van der Waals surface area contributed by atoms with Crippen molar-refractivity contribution in [2.45, 2.75) is 13.1 Å². The second kappa shape index (κ2) is 6.04. The number of aromatic nitrogens is 1. The van der Waals surface area contributed by atoms with Crippen molar-refractivity contribution in [1.82, 2.24) is 10.3 Å². The van der Waals surface area contributed by atoms with Gasteiger partial charge in [-0.3, -0.25) is 0 Å². The van der Waals surface area contributed by atoms with Gasteiger partial charge in [0, 0.05) is 19.8 Å². The van der Waals surface area contributed by atoms with Gasteiger partial charge in [-0.1, -0.05) is 6.92 Å². The number of hydrogen-bond donors (Lipinski definition) is 1. The smallest absolute Gasteiger partial charge is 0.359 e. The Kier molecular flexibility index (Phi) is 4.95. The molecule has 1 rings (SSSR count). The number of hydrogen-bond acceptors (Lipinski definition) is 3. The maximum atomic E-state index is 12.8. The van der Waals surface area contributed by atoms with E-state index in [9.17, 15) is 13.2 Å². The number of alkyl halides is 3. The average Bonchev–Trinajstić information content (AvgIpc) is 2.28. The van der Waals surface area contributed by atoms with Gasteiger partial charge in [0.15, 0.2) is 0 Å². The maximum Gasteiger partial charge on any atom is 0.419 e. The van der Waals surface area contributed by atoms with Crippen LogP contribution in [0.15, 0.2) is 18.3 Å². The van der Waals surface area contributed by atoms with Gasteiger partial charge in [0.1, 0.15) is 5.82 Å². The van der Waals surface area contributed by atoms with Crippen LogP contribution >= 0.6 is 0 Å². The Morgan fingerprint density at radius 1 is 1.44 bits per heavy atom. The molecule has 0 saturated carbocycles. The molecule has 0 bridgehead atoms. The Balaban J connectivity index is 2.89. The average molecular weight is 261 g/mol.